The summed E-state index contributed by atoms with van der Waals surface area (Å²) >= 11 is 5.66. The molecule has 0 unspecified atom stereocenters. The number of halogens is 1. The molecule has 0 fully saturated rings. The van der Waals surface area contributed by atoms with Crippen LogP contribution in [0.4, 0.5) is 0 Å². The largest absolute Gasteiger partial charge is 0.240 e. The van der Waals surface area contributed by atoms with Crippen LogP contribution in [0, 0.1) is 0 Å². The van der Waals surface area contributed by atoms with Crippen molar-refractivity contribution in [1.29, 1.82) is 0 Å². The van der Waals surface area contributed by atoms with E-state index >= 15 is 0 Å². The Hall–Kier alpha value is -0.840. The Morgan fingerprint density at radius 1 is 1.15 bits per heavy atom. The first-order valence-electron chi connectivity index (χ1n) is 6.94. The normalized spacial score (nSPS) is 15.3. The average molecular weight is 314 g/mol. The summed E-state index contributed by atoms with van der Waals surface area (Å²) in [5.74, 6) is 0.541. The molecule has 20 heavy (non-hydrogen) atoms. The van der Waals surface area contributed by atoms with Crippen LogP contribution in [-0.4, -0.2) is 20.8 Å². The average Bonchev–Trinajstić information content (AvgIpc) is 2.93. The minimum Gasteiger partial charge on any atom is -0.211 e. The van der Waals surface area contributed by atoms with Gasteiger partial charge in [-0.1, -0.05) is 23.8 Å². The molecule has 0 bridgehead atoms. The van der Waals surface area contributed by atoms with Crippen molar-refractivity contribution in [3.8, 4) is 0 Å². The highest BCUT2D eigenvalue weighted by Crippen LogP contribution is 2.20. The van der Waals surface area contributed by atoms with E-state index in [1.54, 1.807) is 12.1 Å². The second-order valence-electron chi connectivity index (χ2n) is 4.99. The molecule has 0 saturated carbocycles. The van der Waals surface area contributed by atoms with Crippen molar-refractivity contribution in [3.63, 3.8) is 0 Å². The van der Waals surface area contributed by atoms with Gasteiger partial charge in [0, 0.05) is 12.4 Å². The number of hydrogen-bond donors (Lipinski definition) is 1. The monoisotopic (exact) mass is 313 g/mol. The molecule has 1 aromatic carbocycles. The van der Waals surface area contributed by atoms with Gasteiger partial charge in [-0.2, -0.15) is 0 Å². The number of benzene rings is 1. The van der Waals surface area contributed by atoms with Gasteiger partial charge in [0.05, 0.1) is 4.90 Å². The molecule has 0 aromatic heterocycles. The quantitative estimate of drug-likeness (QED) is 0.620. The number of nitrogens with one attached hydrogen (secondary N) is 1. The molecule has 1 aliphatic rings. The van der Waals surface area contributed by atoms with E-state index in [1.165, 1.54) is 12.0 Å². The van der Waals surface area contributed by atoms with Gasteiger partial charge in [-0.25, -0.2) is 13.1 Å². The van der Waals surface area contributed by atoms with Crippen LogP contribution in [0.3, 0.4) is 0 Å². The lowest BCUT2D eigenvalue weighted by atomic mass is 10.2. The van der Waals surface area contributed by atoms with Crippen molar-refractivity contribution in [2.24, 2.45) is 0 Å². The highest BCUT2D eigenvalue weighted by Gasteiger charge is 2.13. The van der Waals surface area contributed by atoms with Gasteiger partial charge in [-0.3, -0.25) is 0 Å². The van der Waals surface area contributed by atoms with Gasteiger partial charge in [-0.05, 0) is 49.8 Å². The molecule has 110 valence electrons. The Morgan fingerprint density at radius 3 is 2.50 bits per heavy atom. The van der Waals surface area contributed by atoms with Gasteiger partial charge < -0.3 is 0 Å². The van der Waals surface area contributed by atoms with Crippen LogP contribution in [0.5, 0.6) is 0 Å². The van der Waals surface area contributed by atoms with Crippen LogP contribution < -0.4 is 4.72 Å². The molecule has 0 atom stereocenters. The number of rotatable bonds is 7. The highest BCUT2D eigenvalue weighted by molar-refractivity contribution is 7.89. The lowest BCUT2D eigenvalue weighted by Gasteiger charge is -2.08. The predicted octanol–water partition coefficient (Wildman–Crippen LogP) is 3.25. The molecule has 0 aliphatic heterocycles. The van der Waals surface area contributed by atoms with E-state index in [4.69, 9.17) is 11.6 Å². The Morgan fingerprint density at radius 2 is 1.90 bits per heavy atom. The predicted molar refractivity (Wildman–Crippen MR) is 82.6 cm³/mol. The second-order valence-corrected chi connectivity index (χ2v) is 7.13. The molecular weight excluding hydrogens is 294 g/mol. The number of hydrogen-bond acceptors (Lipinski definition) is 2. The van der Waals surface area contributed by atoms with E-state index < -0.39 is 10.0 Å². The molecular formula is C15H20ClNO2S. The van der Waals surface area contributed by atoms with Gasteiger partial charge in [0.1, 0.15) is 0 Å². The summed E-state index contributed by atoms with van der Waals surface area (Å²) in [5, 5.41) is 0. The van der Waals surface area contributed by atoms with E-state index in [0.717, 1.165) is 31.2 Å². The zero-order valence-electron chi connectivity index (χ0n) is 11.4. The highest BCUT2D eigenvalue weighted by atomic mass is 35.5. The maximum atomic E-state index is 12.1. The summed E-state index contributed by atoms with van der Waals surface area (Å²) in [6.07, 6.45) is 7.21. The number of sulfonamides is 1. The molecule has 3 nitrogen and oxygen atoms in total. The summed E-state index contributed by atoms with van der Waals surface area (Å²) in [6.45, 7) is 0.470. The first-order chi connectivity index (χ1) is 9.62. The van der Waals surface area contributed by atoms with Gasteiger partial charge in [-0.15, -0.1) is 11.6 Å². The number of allylic oxidation sites excluding steroid dienone is 1. The summed E-state index contributed by atoms with van der Waals surface area (Å²) in [4.78, 5) is 0.316. The Kier molecular flexibility index (Phi) is 5.64. The van der Waals surface area contributed by atoms with Crippen molar-refractivity contribution >= 4 is 21.6 Å². The topological polar surface area (TPSA) is 46.2 Å². The maximum Gasteiger partial charge on any atom is 0.240 e. The SMILES string of the molecule is O=S(=O)(NCCC1=CCCC1)c1ccc(CCCl)cc1. The van der Waals surface area contributed by atoms with E-state index in [0.29, 0.717) is 17.3 Å². The first kappa shape index (κ1) is 15.5. The van der Waals surface area contributed by atoms with Gasteiger partial charge in [0.25, 0.3) is 0 Å². The van der Waals surface area contributed by atoms with Crippen molar-refractivity contribution in [2.45, 2.75) is 37.0 Å². The van der Waals surface area contributed by atoms with Crippen LogP contribution in [0.2, 0.25) is 0 Å². The number of alkyl halides is 1. The smallest absolute Gasteiger partial charge is 0.211 e. The molecule has 1 aliphatic carbocycles. The molecule has 0 saturated heterocycles. The van der Waals surface area contributed by atoms with E-state index in [-0.39, 0.29) is 0 Å². The summed E-state index contributed by atoms with van der Waals surface area (Å²) in [5.41, 5.74) is 2.42. The van der Waals surface area contributed by atoms with E-state index in [9.17, 15) is 8.42 Å². The minimum atomic E-state index is -3.39. The molecule has 0 heterocycles. The van der Waals surface area contributed by atoms with Crippen molar-refractivity contribution < 1.29 is 8.42 Å². The third-order valence-corrected chi connectivity index (χ3v) is 5.16. The van der Waals surface area contributed by atoms with Crippen LogP contribution in [0.15, 0.2) is 40.8 Å². The van der Waals surface area contributed by atoms with Crippen molar-refractivity contribution in [1.82, 2.24) is 4.72 Å². The Bertz CT molecular complexity index is 564. The third-order valence-electron chi connectivity index (χ3n) is 3.49. The van der Waals surface area contributed by atoms with E-state index in [1.807, 2.05) is 12.1 Å². The minimum absolute atomic E-state index is 0.316. The summed E-state index contributed by atoms with van der Waals surface area (Å²) < 4.78 is 26.9. The molecule has 0 radical (unpaired) electrons. The molecule has 1 aromatic rings. The number of aryl methyl sites for hydroxylation is 1. The molecule has 1 N–H and O–H groups in total. The molecule has 5 heteroatoms. The van der Waals surface area contributed by atoms with Crippen molar-refractivity contribution in [3.05, 3.63) is 41.5 Å². The van der Waals surface area contributed by atoms with Crippen LogP contribution in [-0.2, 0) is 16.4 Å². The van der Waals surface area contributed by atoms with Gasteiger partial charge in [0.2, 0.25) is 10.0 Å². The van der Waals surface area contributed by atoms with Gasteiger partial charge in [0.15, 0.2) is 0 Å². The van der Waals surface area contributed by atoms with Gasteiger partial charge >= 0.3 is 0 Å². The lowest BCUT2D eigenvalue weighted by molar-refractivity contribution is 0.581. The zero-order valence-corrected chi connectivity index (χ0v) is 13.0. The summed E-state index contributed by atoms with van der Waals surface area (Å²) in [7, 11) is -3.39. The lowest BCUT2D eigenvalue weighted by Crippen LogP contribution is -2.25. The Labute approximate surface area is 126 Å². The zero-order chi connectivity index (χ0) is 14.4. The third kappa shape index (κ3) is 4.33. The molecule has 2 rings (SSSR count). The Balaban J connectivity index is 1.91. The van der Waals surface area contributed by atoms with Crippen molar-refractivity contribution in [2.75, 3.05) is 12.4 Å². The molecule has 0 amide bonds. The first-order valence-corrected chi connectivity index (χ1v) is 8.96. The maximum absolute atomic E-state index is 12.1. The fourth-order valence-corrected chi connectivity index (χ4v) is 3.59. The van der Waals surface area contributed by atoms with Crippen LogP contribution in [0.1, 0.15) is 31.2 Å². The summed E-state index contributed by atoms with van der Waals surface area (Å²) in [6, 6.07) is 6.91. The molecule has 0 spiro atoms. The fraction of sp³-hybridized carbons (Fsp3) is 0.467. The van der Waals surface area contributed by atoms with E-state index in [2.05, 4.69) is 10.8 Å². The second kappa shape index (κ2) is 7.25. The fourth-order valence-electron chi connectivity index (χ4n) is 2.34. The standard InChI is InChI=1S/C15H20ClNO2S/c16-11-9-14-5-7-15(8-6-14)20(18,19)17-12-10-13-3-1-2-4-13/h3,5-8,17H,1-2,4,9-12H2. The van der Waals surface area contributed by atoms with Crippen LogP contribution in [0.25, 0.3) is 0 Å². The van der Waals surface area contributed by atoms with Crippen LogP contribution >= 0.6 is 11.6 Å².